The van der Waals surface area contributed by atoms with Crippen molar-refractivity contribution in [3.8, 4) is 5.75 Å². The van der Waals surface area contributed by atoms with Crippen molar-refractivity contribution in [2.45, 2.75) is 13.1 Å². The Labute approximate surface area is 111 Å². The molecule has 0 unspecified atom stereocenters. The molecular formula is C13H15LiOSi. The number of fused-ring (bicyclic) bond motifs is 1. The van der Waals surface area contributed by atoms with Crippen LogP contribution in [0.5, 0.6) is 5.75 Å². The van der Waals surface area contributed by atoms with E-state index in [-0.39, 0.29) is 18.9 Å². The fourth-order valence-corrected chi connectivity index (χ4v) is 3.06. The molecule has 0 saturated heterocycles. The molecule has 0 saturated carbocycles. The number of methoxy groups -OCH3 is 1. The smallest absolute Gasteiger partial charge is 0.496 e. The summed E-state index contributed by atoms with van der Waals surface area (Å²) in [4.78, 5) is 0. The van der Waals surface area contributed by atoms with Gasteiger partial charge in [-0.15, -0.1) is 0 Å². The van der Waals surface area contributed by atoms with Crippen LogP contribution in [-0.2, 0) is 0 Å². The number of ether oxygens (including phenoxy) is 1. The van der Waals surface area contributed by atoms with Gasteiger partial charge in [0.1, 0.15) is 5.75 Å². The molecule has 0 bridgehead atoms. The summed E-state index contributed by atoms with van der Waals surface area (Å²) in [5, 5.41) is 4.05. The molecular weight excluding hydrogens is 207 g/mol. The zero-order valence-corrected chi connectivity index (χ0v) is 11.4. The van der Waals surface area contributed by atoms with E-state index in [0.29, 0.717) is 0 Å². The van der Waals surface area contributed by atoms with Crippen LogP contribution in [0, 0.1) is 0 Å². The van der Waals surface area contributed by atoms with Crippen molar-refractivity contribution in [2.75, 3.05) is 7.11 Å². The minimum atomic E-state index is -0.417. The fraction of sp³-hybridized carbons (Fsp3) is 0.231. The molecule has 0 aliphatic heterocycles. The molecule has 0 heterocycles. The molecule has 0 aliphatic carbocycles. The zero-order valence-electron chi connectivity index (χ0n) is 10.4. The average molecular weight is 222 g/mol. The molecule has 0 atom stereocenters. The standard InChI is InChI=1S/C13H15OSi.Li/c1-14-12-8-9-13(15(2)3)11-7-5-4-6-10(11)12;/h4-9H,1-3H3;/q-1;+1. The molecule has 0 aliphatic rings. The second kappa shape index (κ2) is 5.59. The Morgan fingerprint density at radius 2 is 1.56 bits per heavy atom. The van der Waals surface area contributed by atoms with Crippen LogP contribution >= 0.6 is 0 Å². The van der Waals surface area contributed by atoms with Crippen LogP contribution in [0.4, 0.5) is 0 Å². The molecule has 0 fully saturated rings. The van der Waals surface area contributed by atoms with Gasteiger partial charge in [0, 0.05) is 5.39 Å². The predicted octanol–water partition coefficient (Wildman–Crippen LogP) is -0.186. The van der Waals surface area contributed by atoms with E-state index in [1.807, 2.05) is 0 Å². The van der Waals surface area contributed by atoms with Gasteiger partial charge in [-0.05, 0) is 11.5 Å². The van der Waals surface area contributed by atoms with E-state index in [1.54, 1.807) is 7.11 Å². The molecule has 0 amide bonds. The third-order valence-corrected chi connectivity index (χ3v) is 4.16. The molecule has 0 spiro atoms. The van der Waals surface area contributed by atoms with Gasteiger partial charge in [-0.3, -0.25) is 8.80 Å². The van der Waals surface area contributed by atoms with Crippen molar-refractivity contribution < 1.29 is 23.6 Å². The number of hydrogen-bond donors (Lipinski definition) is 0. The molecule has 16 heavy (non-hydrogen) atoms. The summed E-state index contributed by atoms with van der Waals surface area (Å²) in [6.45, 7) is 4.64. The summed E-state index contributed by atoms with van der Waals surface area (Å²) < 4.78 is 5.37. The monoisotopic (exact) mass is 222 g/mol. The van der Waals surface area contributed by atoms with Crippen LogP contribution in [0.15, 0.2) is 36.4 Å². The first-order chi connectivity index (χ1) is 7.24. The second-order valence-electron chi connectivity index (χ2n) is 3.86. The molecule has 0 aromatic heterocycles. The van der Waals surface area contributed by atoms with Gasteiger partial charge in [0.2, 0.25) is 0 Å². The van der Waals surface area contributed by atoms with Crippen LogP contribution in [-0.4, -0.2) is 15.9 Å². The predicted molar refractivity (Wildman–Crippen MR) is 67.6 cm³/mol. The van der Waals surface area contributed by atoms with Crippen molar-refractivity contribution in [2.24, 2.45) is 0 Å². The Balaban J connectivity index is 0.00000128. The minimum absolute atomic E-state index is 0. The van der Waals surface area contributed by atoms with Gasteiger partial charge < -0.3 is 4.74 Å². The molecule has 3 heteroatoms. The summed E-state index contributed by atoms with van der Waals surface area (Å²) in [5.74, 6) is 0.970. The van der Waals surface area contributed by atoms with Crippen LogP contribution < -0.4 is 28.8 Å². The van der Waals surface area contributed by atoms with Gasteiger partial charge in [-0.2, -0.15) is 18.3 Å². The van der Waals surface area contributed by atoms with Gasteiger partial charge >= 0.3 is 18.9 Å². The second-order valence-corrected chi connectivity index (χ2v) is 6.40. The normalized spacial score (nSPS) is 9.69. The zero-order chi connectivity index (χ0) is 10.8. The van der Waals surface area contributed by atoms with Gasteiger partial charge in [0.15, 0.2) is 0 Å². The van der Waals surface area contributed by atoms with Crippen molar-refractivity contribution in [3.05, 3.63) is 36.4 Å². The summed E-state index contributed by atoms with van der Waals surface area (Å²) >= 11 is 0. The number of rotatable bonds is 2. The summed E-state index contributed by atoms with van der Waals surface area (Å²) in [5.41, 5.74) is 0. The molecule has 0 radical (unpaired) electrons. The van der Waals surface area contributed by atoms with Crippen LogP contribution in [0.3, 0.4) is 0 Å². The Morgan fingerprint density at radius 1 is 0.938 bits per heavy atom. The average Bonchev–Trinajstić information content (AvgIpc) is 2.27. The molecule has 78 valence electrons. The van der Waals surface area contributed by atoms with Crippen LogP contribution in [0.1, 0.15) is 0 Å². The maximum Gasteiger partial charge on any atom is 1.00 e. The molecule has 2 aromatic rings. The van der Waals surface area contributed by atoms with Crippen LogP contribution in [0.25, 0.3) is 10.8 Å². The SMILES string of the molecule is COc1ccc([Si-](C)C)c2ccccc12.[Li+]. The van der Waals surface area contributed by atoms with Crippen molar-refractivity contribution >= 4 is 24.8 Å². The molecule has 2 aromatic carbocycles. The third kappa shape index (κ3) is 2.35. The van der Waals surface area contributed by atoms with E-state index < -0.39 is 8.80 Å². The fourth-order valence-electron chi connectivity index (χ4n) is 1.89. The Bertz CT molecular complexity index is 482. The topological polar surface area (TPSA) is 9.23 Å². The molecule has 2 rings (SSSR count). The first-order valence-electron chi connectivity index (χ1n) is 5.10. The van der Waals surface area contributed by atoms with E-state index in [0.717, 1.165) is 5.75 Å². The first-order valence-corrected chi connectivity index (χ1v) is 7.60. The van der Waals surface area contributed by atoms with Gasteiger partial charge in [0.25, 0.3) is 0 Å². The maximum atomic E-state index is 5.37. The van der Waals surface area contributed by atoms with E-state index in [2.05, 4.69) is 49.5 Å². The van der Waals surface area contributed by atoms with E-state index in [9.17, 15) is 0 Å². The van der Waals surface area contributed by atoms with E-state index in [1.165, 1.54) is 16.0 Å². The maximum absolute atomic E-state index is 5.37. The van der Waals surface area contributed by atoms with Crippen molar-refractivity contribution in [3.63, 3.8) is 0 Å². The number of hydrogen-bond acceptors (Lipinski definition) is 1. The van der Waals surface area contributed by atoms with E-state index >= 15 is 0 Å². The molecule has 1 nitrogen and oxygen atoms in total. The van der Waals surface area contributed by atoms with Crippen molar-refractivity contribution in [1.29, 1.82) is 0 Å². The Morgan fingerprint density at radius 3 is 2.12 bits per heavy atom. The third-order valence-electron chi connectivity index (χ3n) is 2.64. The largest absolute Gasteiger partial charge is 1.00 e. The molecule has 0 N–H and O–H groups in total. The quantitative estimate of drug-likeness (QED) is 0.640. The van der Waals surface area contributed by atoms with E-state index in [4.69, 9.17) is 4.74 Å². The number of benzene rings is 2. The first kappa shape index (κ1) is 13.4. The minimum Gasteiger partial charge on any atom is -0.496 e. The van der Waals surface area contributed by atoms with Gasteiger partial charge in [-0.25, -0.2) is 0 Å². The van der Waals surface area contributed by atoms with Crippen LogP contribution in [0.2, 0.25) is 13.1 Å². The summed E-state index contributed by atoms with van der Waals surface area (Å²) in [6.07, 6.45) is 0. The summed E-state index contributed by atoms with van der Waals surface area (Å²) in [6, 6.07) is 12.8. The Hall–Kier alpha value is -0.686. The summed E-state index contributed by atoms with van der Waals surface area (Å²) in [7, 11) is 1.31. The van der Waals surface area contributed by atoms with Gasteiger partial charge in [0.05, 0.1) is 7.11 Å². The van der Waals surface area contributed by atoms with Gasteiger partial charge in [-0.1, -0.05) is 30.3 Å². The van der Waals surface area contributed by atoms with Crippen molar-refractivity contribution in [1.82, 2.24) is 0 Å². The Kier molecular flexibility index (Phi) is 4.67.